The number of nitrogens with zero attached hydrogens (tertiary/aromatic N) is 3. The van der Waals surface area contributed by atoms with E-state index in [4.69, 9.17) is 4.42 Å². The number of aromatic nitrogens is 3. The van der Waals surface area contributed by atoms with Crippen molar-refractivity contribution in [3.05, 3.63) is 71.2 Å². The molecule has 0 atom stereocenters. The van der Waals surface area contributed by atoms with Gasteiger partial charge in [-0.25, -0.2) is 4.98 Å². The van der Waals surface area contributed by atoms with Crippen molar-refractivity contribution in [1.82, 2.24) is 20.1 Å². The summed E-state index contributed by atoms with van der Waals surface area (Å²) in [5.41, 5.74) is 2.65. The van der Waals surface area contributed by atoms with Crippen molar-refractivity contribution in [1.29, 1.82) is 0 Å². The van der Waals surface area contributed by atoms with Gasteiger partial charge in [0.25, 0.3) is 5.91 Å². The highest BCUT2D eigenvalue weighted by Crippen LogP contribution is 2.21. The van der Waals surface area contributed by atoms with E-state index in [1.54, 1.807) is 17.2 Å². The molecule has 3 heterocycles. The summed E-state index contributed by atoms with van der Waals surface area (Å²) < 4.78 is 5.88. The molecule has 122 valence electrons. The van der Waals surface area contributed by atoms with Crippen LogP contribution in [0.4, 0.5) is 0 Å². The van der Waals surface area contributed by atoms with Crippen LogP contribution in [0.15, 0.2) is 47.0 Å². The Morgan fingerprint density at radius 2 is 2.08 bits per heavy atom. The zero-order chi connectivity index (χ0) is 16.4. The Morgan fingerprint density at radius 1 is 1.21 bits per heavy atom. The number of amides is 1. The molecule has 1 aromatic carbocycles. The van der Waals surface area contributed by atoms with Gasteiger partial charge < -0.3 is 9.32 Å². The molecule has 0 bridgehead atoms. The summed E-state index contributed by atoms with van der Waals surface area (Å²) in [4.78, 5) is 18.8. The van der Waals surface area contributed by atoms with Crippen molar-refractivity contribution in [2.75, 3.05) is 6.54 Å². The molecule has 1 aliphatic heterocycles. The van der Waals surface area contributed by atoms with Gasteiger partial charge in [-0.05, 0) is 18.1 Å². The molecule has 0 saturated carbocycles. The summed E-state index contributed by atoms with van der Waals surface area (Å²) in [6.07, 6.45) is 3.95. The first-order valence-corrected chi connectivity index (χ1v) is 8.09. The fourth-order valence-electron chi connectivity index (χ4n) is 2.97. The first kappa shape index (κ1) is 14.7. The van der Waals surface area contributed by atoms with E-state index in [9.17, 15) is 4.79 Å². The van der Waals surface area contributed by atoms with Crippen molar-refractivity contribution in [2.45, 2.75) is 25.8 Å². The van der Waals surface area contributed by atoms with Gasteiger partial charge in [0.1, 0.15) is 17.1 Å². The van der Waals surface area contributed by atoms with Crippen LogP contribution in [0.3, 0.4) is 0 Å². The molecule has 0 aliphatic carbocycles. The lowest BCUT2D eigenvalue weighted by atomic mass is 10.1. The van der Waals surface area contributed by atoms with Gasteiger partial charge in [0, 0.05) is 25.6 Å². The zero-order valence-corrected chi connectivity index (χ0v) is 13.2. The summed E-state index contributed by atoms with van der Waals surface area (Å²) in [7, 11) is 0. The standard InChI is InChI=1S/C18H18N4O2/c23-18(14-8-10-19-21-14)22-11-9-16-15(12-22)20-17(24-16)7-6-13-4-2-1-3-5-13/h1-5,8,10H,6-7,9,11-12H2,(H,19,21). The number of hydrogen-bond donors (Lipinski definition) is 1. The molecule has 1 amide bonds. The van der Waals surface area contributed by atoms with Crippen LogP contribution in [0.2, 0.25) is 0 Å². The Labute approximate surface area is 139 Å². The fraction of sp³-hybridized carbons (Fsp3) is 0.278. The van der Waals surface area contributed by atoms with Gasteiger partial charge in [-0.1, -0.05) is 30.3 Å². The molecule has 0 radical (unpaired) electrons. The number of aryl methyl sites for hydroxylation is 2. The van der Waals surface area contributed by atoms with Gasteiger partial charge in [-0.3, -0.25) is 9.89 Å². The number of fused-ring (bicyclic) bond motifs is 1. The SMILES string of the molecule is O=C(c1ccn[nH]1)N1CCc2oc(CCc3ccccc3)nc2C1. The van der Waals surface area contributed by atoms with Crippen LogP contribution in [0.25, 0.3) is 0 Å². The summed E-state index contributed by atoms with van der Waals surface area (Å²) in [6, 6.07) is 12.0. The van der Waals surface area contributed by atoms with E-state index >= 15 is 0 Å². The Hall–Kier alpha value is -2.89. The van der Waals surface area contributed by atoms with Crippen LogP contribution in [0, 0.1) is 0 Å². The summed E-state index contributed by atoms with van der Waals surface area (Å²) in [5.74, 6) is 1.61. The average molecular weight is 322 g/mol. The Balaban J connectivity index is 1.43. The molecule has 24 heavy (non-hydrogen) atoms. The third-order valence-corrected chi connectivity index (χ3v) is 4.26. The predicted molar refractivity (Wildman–Crippen MR) is 87.4 cm³/mol. The van der Waals surface area contributed by atoms with Crippen LogP contribution in [0.1, 0.15) is 33.4 Å². The second-order valence-corrected chi connectivity index (χ2v) is 5.91. The van der Waals surface area contributed by atoms with Crippen LogP contribution < -0.4 is 0 Å². The summed E-state index contributed by atoms with van der Waals surface area (Å²) >= 11 is 0. The number of oxazole rings is 1. The fourth-order valence-corrected chi connectivity index (χ4v) is 2.97. The topological polar surface area (TPSA) is 75.0 Å². The smallest absolute Gasteiger partial charge is 0.272 e. The van der Waals surface area contributed by atoms with Crippen molar-refractivity contribution in [3.8, 4) is 0 Å². The van der Waals surface area contributed by atoms with Gasteiger partial charge in [-0.2, -0.15) is 5.10 Å². The van der Waals surface area contributed by atoms with E-state index in [2.05, 4.69) is 27.3 Å². The van der Waals surface area contributed by atoms with Crippen molar-refractivity contribution >= 4 is 5.91 Å². The zero-order valence-electron chi connectivity index (χ0n) is 13.2. The second-order valence-electron chi connectivity index (χ2n) is 5.91. The normalized spacial score (nSPS) is 13.8. The Morgan fingerprint density at radius 3 is 2.88 bits per heavy atom. The number of carbonyl (C=O) groups is 1. The van der Waals surface area contributed by atoms with E-state index in [1.807, 2.05) is 18.2 Å². The molecule has 6 nitrogen and oxygen atoms in total. The highest BCUT2D eigenvalue weighted by molar-refractivity contribution is 5.92. The Bertz CT molecular complexity index is 824. The van der Waals surface area contributed by atoms with Gasteiger partial charge in [0.2, 0.25) is 0 Å². The third-order valence-electron chi connectivity index (χ3n) is 4.26. The van der Waals surface area contributed by atoms with E-state index in [0.717, 1.165) is 30.2 Å². The molecular formula is C18H18N4O2. The van der Waals surface area contributed by atoms with Gasteiger partial charge >= 0.3 is 0 Å². The highest BCUT2D eigenvalue weighted by atomic mass is 16.4. The Kier molecular flexibility index (Phi) is 3.86. The van der Waals surface area contributed by atoms with Crippen molar-refractivity contribution in [3.63, 3.8) is 0 Å². The maximum atomic E-state index is 12.4. The molecule has 3 aromatic rings. The first-order valence-electron chi connectivity index (χ1n) is 8.09. The number of hydrogen-bond acceptors (Lipinski definition) is 4. The molecule has 6 heteroatoms. The number of H-pyrrole nitrogens is 1. The minimum atomic E-state index is -0.0491. The minimum absolute atomic E-state index is 0.0491. The molecule has 0 unspecified atom stereocenters. The average Bonchev–Trinajstić information content (AvgIpc) is 3.29. The summed E-state index contributed by atoms with van der Waals surface area (Å²) in [5, 5.41) is 6.55. The molecule has 1 N–H and O–H groups in total. The van der Waals surface area contributed by atoms with E-state index in [-0.39, 0.29) is 5.91 Å². The summed E-state index contributed by atoms with van der Waals surface area (Å²) in [6.45, 7) is 1.13. The van der Waals surface area contributed by atoms with Crippen LogP contribution in [0.5, 0.6) is 0 Å². The largest absolute Gasteiger partial charge is 0.445 e. The molecule has 0 saturated heterocycles. The number of carbonyl (C=O) groups excluding carboxylic acids is 1. The van der Waals surface area contributed by atoms with E-state index in [0.29, 0.717) is 25.2 Å². The lowest BCUT2D eigenvalue weighted by Crippen LogP contribution is -2.36. The quantitative estimate of drug-likeness (QED) is 0.800. The van der Waals surface area contributed by atoms with Crippen LogP contribution >= 0.6 is 0 Å². The van der Waals surface area contributed by atoms with Crippen molar-refractivity contribution in [2.24, 2.45) is 0 Å². The first-order chi connectivity index (χ1) is 11.8. The molecule has 0 fully saturated rings. The molecular weight excluding hydrogens is 304 g/mol. The number of nitrogens with one attached hydrogen (secondary N) is 1. The van der Waals surface area contributed by atoms with Crippen LogP contribution in [-0.4, -0.2) is 32.5 Å². The maximum absolute atomic E-state index is 12.4. The van der Waals surface area contributed by atoms with Gasteiger partial charge in [-0.15, -0.1) is 0 Å². The lowest BCUT2D eigenvalue weighted by molar-refractivity contribution is 0.0722. The number of benzene rings is 1. The monoisotopic (exact) mass is 322 g/mol. The molecule has 4 rings (SSSR count). The van der Waals surface area contributed by atoms with Gasteiger partial charge in [0.15, 0.2) is 5.89 Å². The molecule has 0 spiro atoms. The third kappa shape index (κ3) is 2.95. The number of aromatic amines is 1. The molecule has 2 aromatic heterocycles. The van der Waals surface area contributed by atoms with Crippen molar-refractivity contribution < 1.29 is 9.21 Å². The van der Waals surface area contributed by atoms with Gasteiger partial charge in [0.05, 0.1) is 6.54 Å². The van der Waals surface area contributed by atoms with E-state index < -0.39 is 0 Å². The predicted octanol–water partition coefficient (Wildman–Crippen LogP) is 2.38. The minimum Gasteiger partial charge on any atom is -0.445 e. The highest BCUT2D eigenvalue weighted by Gasteiger charge is 2.26. The molecule has 1 aliphatic rings. The number of rotatable bonds is 4. The maximum Gasteiger partial charge on any atom is 0.272 e. The second kappa shape index (κ2) is 6.31. The van der Waals surface area contributed by atoms with Crippen LogP contribution in [-0.2, 0) is 25.8 Å². The lowest BCUT2D eigenvalue weighted by Gasteiger charge is -2.24. The van der Waals surface area contributed by atoms with E-state index in [1.165, 1.54) is 5.56 Å².